The molecule has 0 unspecified atom stereocenters. The minimum atomic E-state index is -0.188. The second-order valence-corrected chi connectivity index (χ2v) is 2.63. The van der Waals surface area contributed by atoms with Crippen molar-refractivity contribution in [3.63, 3.8) is 0 Å². The molecule has 0 aromatic heterocycles. The predicted octanol–water partition coefficient (Wildman–Crippen LogP) is 0.459. The highest BCUT2D eigenvalue weighted by Crippen LogP contribution is 2.07. The summed E-state index contributed by atoms with van der Waals surface area (Å²) < 4.78 is 0. The van der Waals surface area contributed by atoms with Gasteiger partial charge in [-0.25, -0.2) is 0 Å². The topological polar surface area (TPSA) is 52.9 Å². The Morgan fingerprint density at radius 2 is 2.00 bits per heavy atom. The number of amides is 1. The van der Waals surface area contributed by atoms with Crippen molar-refractivity contribution in [1.82, 2.24) is 4.90 Å². The number of hydrogen-bond acceptors (Lipinski definition) is 3. The van der Waals surface area contributed by atoms with Gasteiger partial charge in [0.1, 0.15) is 6.21 Å². The monoisotopic (exact) mass is 156 g/mol. The van der Waals surface area contributed by atoms with E-state index in [4.69, 9.17) is 5.21 Å². The zero-order valence-corrected chi connectivity index (χ0v) is 6.36. The van der Waals surface area contributed by atoms with Gasteiger partial charge in [0, 0.05) is 13.1 Å². The highest BCUT2D eigenvalue weighted by Gasteiger charge is 2.13. The third-order valence-corrected chi connectivity index (χ3v) is 1.84. The lowest BCUT2D eigenvalue weighted by atomic mass is 10.1. The molecule has 4 heteroatoms. The van der Waals surface area contributed by atoms with E-state index < -0.39 is 0 Å². The summed E-state index contributed by atoms with van der Waals surface area (Å²) in [6.07, 6.45) is 4.27. The van der Waals surface area contributed by atoms with Crippen molar-refractivity contribution in [2.75, 3.05) is 13.1 Å². The first kappa shape index (κ1) is 8.04. The van der Waals surface area contributed by atoms with Gasteiger partial charge >= 0.3 is 0 Å². The molecule has 1 rings (SSSR count). The normalized spacial score (nSPS) is 19.1. The lowest BCUT2D eigenvalue weighted by Gasteiger charge is -2.24. The number of likely N-dealkylation sites (tertiary alicyclic amines) is 1. The second kappa shape index (κ2) is 3.95. The third-order valence-electron chi connectivity index (χ3n) is 1.84. The number of piperidine rings is 1. The van der Waals surface area contributed by atoms with E-state index in [2.05, 4.69) is 5.16 Å². The van der Waals surface area contributed by atoms with Crippen LogP contribution in [0.2, 0.25) is 0 Å². The molecular formula is C7H12N2O2. The maximum atomic E-state index is 11.0. The van der Waals surface area contributed by atoms with E-state index >= 15 is 0 Å². The first-order chi connectivity index (χ1) is 5.34. The van der Waals surface area contributed by atoms with E-state index in [1.165, 1.54) is 6.42 Å². The number of nitrogens with zero attached hydrogens (tertiary/aromatic N) is 2. The lowest BCUT2D eigenvalue weighted by molar-refractivity contribution is -0.124. The summed E-state index contributed by atoms with van der Waals surface area (Å²) in [5, 5.41) is 10.8. The van der Waals surface area contributed by atoms with Crippen molar-refractivity contribution < 1.29 is 10.0 Å². The predicted molar refractivity (Wildman–Crippen MR) is 40.7 cm³/mol. The number of carbonyl (C=O) groups excluding carboxylic acids is 1. The fraction of sp³-hybridized carbons (Fsp3) is 0.714. The minimum Gasteiger partial charge on any atom is -0.411 e. The van der Waals surface area contributed by atoms with Crippen LogP contribution in [0.25, 0.3) is 0 Å². The smallest absolute Gasteiger partial charge is 0.268 e. The van der Waals surface area contributed by atoms with Crippen molar-refractivity contribution in [3.05, 3.63) is 0 Å². The fourth-order valence-corrected chi connectivity index (χ4v) is 1.25. The molecule has 0 atom stereocenters. The van der Waals surface area contributed by atoms with Crippen LogP contribution in [-0.4, -0.2) is 35.3 Å². The van der Waals surface area contributed by atoms with Crippen molar-refractivity contribution in [2.45, 2.75) is 19.3 Å². The van der Waals surface area contributed by atoms with E-state index in [1.54, 1.807) is 4.90 Å². The molecule has 1 aliphatic heterocycles. The molecule has 0 spiro atoms. The van der Waals surface area contributed by atoms with Crippen molar-refractivity contribution >= 4 is 12.1 Å². The highest BCUT2D eigenvalue weighted by molar-refractivity contribution is 6.25. The van der Waals surface area contributed by atoms with Gasteiger partial charge in [-0.15, -0.1) is 0 Å². The van der Waals surface area contributed by atoms with Crippen LogP contribution in [0, 0.1) is 0 Å². The summed E-state index contributed by atoms with van der Waals surface area (Å²) in [6.45, 7) is 1.59. The first-order valence-electron chi connectivity index (χ1n) is 3.81. The van der Waals surface area contributed by atoms with E-state index in [-0.39, 0.29) is 5.91 Å². The van der Waals surface area contributed by atoms with Gasteiger partial charge < -0.3 is 10.1 Å². The molecule has 1 aliphatic rings. The van der Waals surface area contributed by atoms with Crippen LogP contribution in [0.4, 0.5) is 0 Å². The Morgan fingerprint density at radius 1 is 1.36 bits per heavy atom. The first-order valence-corrected chi connectivity index (χ1v) is 3.81. The number of rotatable bonds is 1. The van der Waals surface area contributed by atoms with Gasteiger partial charge in [-0.05, 0) is 19.3 Å². The molecule has 0 saturated carbocycles. The van der Waals surface area contributed by atoms with Gasteiger partial charge in [-0.3, -0.25) is 4.79 Å². The van der Waals surface area contributed by atoms with Gasteiger partial charge in [0.25, 0.3) is 5.91 Å². The molecule has 62 valence electrons. The standard InChI is InChI=1S/C7H12N2O2/c10-7(6-8-11)9-4-2-1-3-5-9/h6,11H,1-5H2/b8-6+. The Bertz CT molecular complexity index is 162. The quantitative estimate of drug-likeness (QED) is 0.340. The summed E-state index contributed by atoms with van der Waals surface area (Å²) in [7, 11) is 0. The van der Waals surface area contributed by atoms with E-state index in [0.717, 1.165) is 32.1 Å². The van der Waals surface area contributed by atoms with Crippen molar-refractivity contribution in [3.8, 4) is 0 Å². The largest absolute Gasteiger partial charge is 0.411 e. The molecule has 0 bridgehead atoms. The van der Waals surface area contributed by atoms with Crippen molar-refractivity contribution in [2.24, 2.45) is 5.16 Å². The lowest BCUT2D eigenvalue weighted by Crippen LogP contribution is -2.36. The van der Waals surface area contributed by atoms with E-state index in [9.17, 15) is 4.79 Å². The van der Waals surface area contributed by atoms with Crippen LogP contribution >= 0.6 is 0 Å². The van der Waals surface area contributed by atoms with Crippen LogP contribution in [0.15, 0.2) is 5.16 Å². The summed E-state index contributed by atoms with van der Waals surface area (Å²) in [5.74, 6) is -0.188. The highest BCUT2D eigenvalue weighted by atomic mass is 16.4. The number of hydrogen-bond donors (Lipinski definition) is 1. The molecule has 1 saturated heterocycles. The maximum Gasteiger partial charge on any atom is 0.268 e. The molecule has 0 aliphatic carbocycles. The summed E-state index contributed by atoms with van der Waals surface area (Å²) in [5.41, 5.74) is 0. The third kappa shape index (κ3) is 2.22. The Labute approximate surface area is 65.5 Å². The number of carbonyl (C=O) groups is 1. The second-order valence-electron chi connectivity index (χ2n) is 2.63. The Balaban J connectivity index is 2.38. The average molecular weight is 156 g/mol. The molecule has 0 aromatic carbocycles. The molecule has 0 aromatic rings. The number of oxime groups is 1. The van der Waals surface area contributed by atoms with Gasteiger partial charge in [0.05, 0.1) is 0 Å². The van der Waals surface area contributed by atoms with Gasteiger partial charge in [-0.1, -0.05) is 5.16 Å². The van der Waals surface area contributed by atoms with Gasteiger partial charge in [0.2, 0.25) is 0 Å². The van der Waals surface area contributed by atoms with E-state index in [0.29, 0.717) is 0 Å². The van der Waals surface area contributed by atoms with Crippen LogP contribution in [0.5, 0.6) is 0 Å². The van der Waals surface area contributed by atoms with Gasteiger partial charge in [-0.2, -0.15) is 0 Å². The molecule has 1 heterocycles. The maximum absolute atomic E-state index is 11.0. The zero-order chi connectivity index (χ0) is 8.10. The van der Waals surface area contributed by atoms with Crippen LogP contribution in [-0.2, 0) is 4.79 Å². The molecular weight excluding hydrogens is 144 g/mol. The molecule has 0 radical (unpaired) electrons. The van der Waals surface area contributed by atoms with Crippen molar-refractivity contribution in [1.29, 1.82) is 0 Å². The Hall–Kier alpha value is -1.06. The molecule has 4 nitrogen and oxygen atoms in total. The molecule has 11 heavy (non-hydrogen) atoms. The van der Waals surface area contributed by atoms with Crippen LogP contribution in [0.1, 0.15) is 19.3 Å². The average Bonchev–Trinajstić information content (AvgIpc) is 2.07. The van der Waals surface area contributed by atoms with Crippen LogP contribution in [0.3, 0.4) is 0 Å². The summed E-state index contributed by atoms with van der Waals surface area (Å²) >= 11 is 0. The van der Waals surface area contributed by atoms with E-state index in [1.807, 2.05) is 0 Å². The SMILES string of the molecule is O=C(/C=N/O)N1CCCCC1. The zero-order valence-electron chi connectivity index (χ0n) is 6.36. The Kier molecular flexibility index (Phi) is 2.89. The van der Waals surface area contributed by atoms with Gasteiger partial charge in [0.15, 0.2) is 0 Å². The van der Waals surface area contributed by atoms with Crippen LogP contribution < -0.4 is 0 Å². The summed E-state index contributed by atoms with van der Waals surface area (Å²) in [4.78, 5) is 12.7. The Morgan fingerprint density at radius 3 is 2.55 bits per heavy atom. The fourth-order valence-electron chi connectivity index (χ4n) is 1.25. The molecule has 1 amide bonds. The summed E-state index contributed by atoms with van der Waals surface area (Å²) in [6, 6.07) is 0. The molecule has 1 fully saturated rings. The molecule has 1 N–H and O–H groups in total. The minimum absolute atomic E-state index is 0.188.